The highest BCUT2D eigenvalue weighted by Gasteiger charge is 2.34. The van der Waals surface area contributed by atoms with E-state index in [1.165, 1.54) is 12.8 Å². The molecule has 2 atom stereocenters. The van der Waals surface area contributed by atoms with Crippen LogP contribution in [-0.2, 0) is 4.74 Å². The predicted molar refractivity (Wildman–Crippen MR) is 52.5 cm³/mol. The van der Waals surface area contributed by atoms with Gasteiger partial charge in [0.2, 0.25) is 0 Å². The van der Waals surface area contributed by atoms with Crippen LogP contribution in [-0.4, -0.2) is 30.5 Å². The van der Waals surface area contributed by atoms with Gasteiger partial charge < -0.3 is 15.6 Å². The lowest BCUT2D eigenvalue weighted by molar-refractivity contribution is -0.0837. The smallest absolute Gasteiger partial charge is 0.0807 e. The molecule has 0 amide bonds. The maximum absolute atomic E-state index is 8.71. The fraction of sp³-hybridized carbons (Fsp3) is 1.00. The Morgan fingerprint density at radius 1 is 1.62 bits per heavy atom. The third kappa shape index (κ3) is 2.93. The topological polar surface area (TPSA) is 55.5 Å². The lowest BCUT2D eigenvalue weighted by atomic mass is 9.79. The fourth-order valence-electron chi connectivity index (χ4n) is 2.25. The number of aliphatic hydroxyl groups is 1. The summed E-state index contributed by atoms with van der Waals surface area (Å²) in [5, 5.41) is 8.71. The SMILES string of the molecule is CC1CCCC(CN)(OCCO)C1. The van der Waals surface area contributed by atoms with E-state index in [2.05, 4.69) is 6.92 Å². The quantitative estimate of drug-likeness (QED) is 0.687. The number of rotatable bonds is 4. The number of hydrogen-bond acceptors (Lipinski definition) is 3. The van der Waals surface area contributed by atoms with Crippen LogP contribution in [0.3, 0.4) is 0 Å². The minimum Gasteiger partial charge on any atom is -0.394 e. The molecule has 1 fully saturated rings. The molecule has 2 unspecified atom stereocenters. The molecule has 0 aromatic heterocycles. The molecule has 0 bridgehead atoms. The van der Waals surface area contributed by atoms with Gasteiger partial charge in [-0.05, 0) is 18.8 Å². The summed E-state index contributed by atoms with van der Waals surface area (Å²) in [6, 6.07) is 0. The second kappa shape index (κ2) is 4.94. The van der Waals surface area contributed by atoms with Crippen molar-refractivity contribution >= 4 is 0 Å². The van der Waals surface area contributed by atoms with Crippen molar-refractivity contribution in [3.8, 4) is 0 Å². The highest BCUT2D eigenvalue weighted by molar-refractivity contribution is 4.87. The van der Waals surface area contributed by atoms with Crippen LogP contribution in [0.25, 0.3) is 0 Å². The third-order valence-electron chi connectivity index (χ3n) is 2.92. The van der Waals surface area contributed by atoms with E-state index in [1.807, 2.05) is 0 Å². The lowest BCUT2D eigenvalue weighted by Crippen LogP contribution is -2.45. The molecule has 1 rings (SSSR count). The first-order chi connectivity index (χ1) is 6.22. The second-order valence-electron chi connectivity index (χ2n) is 4.16. The van der Waals surface area contributed by atoms with Gasteiger partial charge in [-0.25, -0.2) is 0 Å². The molecule has 0 heterocycles. The summed E-state index contributed by atoms with van der Waals surface area (Å²) >= 11 is 0. The molecule has 3 heteroatoms. The number of ether oxygens (including phenoxy) is 1. The van der Waals surface area contributed by atoms with Gasteiger partial charge in [0.15, 0.2) is 0 Å². The number of aliphatic hydroxyl groups excluding tert-OH is 1. The number of nitrogens with two attached hydrogens (primary N) is 1. The molecular weight excluding hydrogens is 166 g/mol. The predicted octanol–water partition coefficient (Wildman–Crippen LogP) is 0.903. The van der Waals surface area contributed by atoms with Gasteiger partial charge in [-0.15, -0.1) is 0 Å². The van der Waals surface area contributed by atoms with Gasteiger partial charge in [-0.3, -0.25) is 0 Å². The summed E-state index contributed by atoms with van der Waals surface area (Å²) < 4.78 is 5.66. The van der Waals surface area contributed by atoms with Crippen LogP contribution in [0.4, 0.5) is 0 Å². The van der Waals surface area contributed by atoms with Crippen molar-refractivity contribution in [3.63, 3.8) is 0 Å². The molecule has 3 nitrogen and oxygen atoms in total. The van der Waals surface area contributed by atoms with Gasteiger partial charge >= 0.3 is 0 Å². The van der Waals surface area contributed by atoms with Crippen molar-refractivity contribution in [2.75, 3.05) is 19.8 Å². The molecule has 1 aliphatic carbocycles. The summed E-state index contributed by atoms with van der Waals surface area (Å²) in [4.78, 5) is 0. The van der Waals surface area contributed by atoms with Gasteiger partial charge in [-0.1, -0.05) is 19.8 Å². The van der Waals surface area contributed by atoms with E-state index in [0.717, 1.165) is 12.8 Å². The Morgan fingerprint density at radius 3 is 2.92 bits per heavy atom. The summed E-state index contributed by atoms with van der Waals surface area (Å²) in [7, 11) is 0. The highest BCUT2D eigenvalue weighted by atomic mass is 16.5. The normalized spacial score (nSPS) is 34.8. The maximum Gasteiger partial charge on any atom is 0.0807 e. The van der Waals surface area contributed by atoms with E-state index in [9.17, 15) is 0 Å². The van der Waals surface area contributed by atoms with E-state index in [-0.39, 0.29) is 12.2 Å². The Kier molecular flexibility index (Phi) is 4.16. The number of hydrogen-bond donors (Lipinski definition) is 2. The molecule has 1 aliphatic rings. The molecule has 0 radical (unpaired) electrons. The van der Waals surface area contributed by atoms with Gasteiger partial charge in [0.25, 0.3) is 0 Å². The van der Waals surface area contributed by atoms with Crippen LogP contribution >= 0.6 is 0 Å². The van der Waals surface area contributed by atoms with Gasteiger partial charge in [0.05, 0.1) is 18.8 Å². The summed E-state index contributed by atoms with van der Waals surface area (Å²) in [6.07, 6.45) is 4.57. The van der Waals surface area contributed by atoms with Crippen LogP contribution < -0.4 is 5.73 Å². The van der Waals surface area contributed by atoms with Crippen molar-refractivity contribution < 1.29 is 9.84 Å². The van der Waals surface area contributed by atoms with E-state index >= 15 is 0 Å². The molecule has 0 aromatic carbocycles. The van der Waals surface area contributed by atoms with Crippen LogP contribution in [0.2, 0.25) is 0 Å². The van der Waals surface area contributed by atoms with Crippen LogP contribution in [0.15, 0.2) is 0 Å². The third-order valence-corrected chi connectivity index (χ3v) is 2.92. The average molecular weight is 187 g/mol. The summed E-state index contributed by atoms with van der Waals surface area (Å²) in [6.45, 7) is 3.34. The molecule has 0 aromatic rings. The summed E-state index contributed by atoms with van der Waals surface area (Å²) in [5.41, 5.74) is 5.60. The molecule has 0 spiro atoms. The molecule has 78 valence electrons. The Hall–Kier alpha value is -0.120. The minimum atomic E-state index is -0.138. The van der Waals surface area contributed by atoms with Crippen molar-refractivity contribution in [1.82, 2.24) is 0 Å². The molecule has 0 saturated heterocycles. The van der Waals surface area contributed by atoms with Crippen molar-refractivity contribution in [2.24, 2.45) is 11.7 Å². The zero-order chi connectivity index (χ0) is 9.73. The van der Waals surface area contributed by atoms with Crippen molar-refractivity contribution in [3.05, 3.63) is 0 Å². The van der Waals surface area contributed by atoms with Crippen molar-refractivity contribution in [1.29, 1.82) is 0 Å². The largest absolute Gasteiger partial charge is 0.394 e. The van der Waals surface area contributed by atoms with Crippen LogP contribution in [0.1, 0.15) is 32.6 Å². The Balaban J connectivity index is 2.46. The van der Waals surface area contributed by atoms with Gasteiger partial charge in [0, 0.05) is 6.54 Å². The first kappa shape index (κ1) is 11.0. The zero-order valence-electron chi connectivity index (χ0n) is 8.46. The van der Waals surface area contributed by atoms with E-state index < -0.39 is 0 Å². The Bertz CT molecular complexity index is 152. The highest BCUT2D eigenvalue weighted by Crippen LogP contribution is 2.34. The molecule has 3 N–H and O–H groups in total. The summed E-state index contributed by atoms with van der Waals surface area (Å²) in [5.74, 6) is 0.705. The Morgan fingerprint density at radius 2 is 2.38 bits per heavy atom. The molecule has 1 saturated carbocycles. The van der Waals surface area contributed by atoms with E-state index in [0.29, 0.717) is 19.1 Å². The first-order valence-electron chi connectivity index (χ1n) is 5.17. The standard InChI is InChI=1S/C10H21NO2/c1-9-3-2-4-10(7-9,8-11)13-6-5-12/h9,12H,2-8,11H2,1H3. The fourth-order valence-corrected chi connectivity index (χ4v) is 2.25. The van der Waals surface area contributed by atoms with Gasteiger partial charge in [0.1, 0.15) is 0 Å². The van der Waals surface area contributed by atoms with Crippen molar-refractivity contribution in [2.45, 2.75) is 38.2 Å². The van der Waals surface area contributed by atoms with E-state index in [1.54, 1.807) is 0 Å². The molecule has 0 aliphatic heterocycles. The zero-order valence-corrected chi connectivity index (χ0v) is 8.46. The van der Waals surface area contributed by atoms with Crippen LogP contribution in [0.5, 0.6) is 0 Å². The second-order valence-corrected chi connectivity index (χ2v) is 4.16. The monoisotopic (exact) mass is 187 g/mol. The first-order valence-corrected chi connectivity index (χ1v) is 5.17. The lowest BCUT2D eigenvalue weighted by Gasteiger charge is -2.39. The average Bonchev–Trinajstić information content (AvgIpc) is 2.15. The van der Waals surface area contributed by atoms with Gasteiger partial charge in [-0.2, -0.15) is 0 Å². The molecular formula is C10H21NO2. The Labute approximate surface area is 80.3 Å². The van der Waals surface area contributed by atoms with Crippen LogP contribution in [0, 0.1) is 5.92 Å². The minimum absolute atomic E-state index is 0.0934. The molecule has 13 heavy (non-hydrogen) atoms. The maximum atomic E-state index is 8.71. The van der Waals surface area contributed by atoms with E-state index in [4.69, 9.17) is 15.6 Å².